The average molecular weight is 757 g/mol. The number of aromatic nitrogens is 3. The molecule has 1 fully saturated rings. The van der Waals surface area contributed by atoms with Gasteiger partial charge in [-0.15, -0.1) is 0 Å². The highest BCUT2D eigenvalue weighted by Crippen LogP contribution is 2.28. The molecule has 54 heavy (non-hydrogen) atoms. The van der Waals surface area contributed by atoms with E-state index in [0.717, 1.165) is 24.7 Å². The van der Waals surface area contributed by atoms with Crippen molar-refractivity contribution in [3.05, 3.63) is 112 Å². The Morgan fingerprint density at radius 2 is 1.76 bits per heavy atom. The minimum Gasteiger partial charge on any atom is -0.493 e. The number of hydrogen-bond donors (Lipinski definition) is 2. The van der Waals surface area contributed by atoms with Crippen LogP contribution in [0.3, 0.4) is 0 Å². The second-order valence-corrected chi connectivity index (χ2v) is 14.7. The first-order valence-corrected chi connectivity index (χ1v) is 18.7. The quantitative estimate of drug-likeness (QED) is 0.134. The highest BCUT2D eigenvalue weighted by atomic mass is 35.5. The molecule has 0 saturated carbocycles. The molecular weight excluding hydrogens is 711 g/mol. The third-order valence-corrected chi connectivity index (χ3v) is 10.4. The number of aliphatic hydroxyl groups is 1. The molecule has 0 aliphatic carbocycles. The number of fused-ring (bicyclic) bond motifs is 2. The zero-order chi connectivity index (χ0) is 38.2. The summed E-state index contributed by atoms with van der Waals surface area (Å²) in [5.41, 5.74) is 0.955. The number of likely N-dealkylation sites (tertiary alicyclic amines) is 1. The molecule has 1 saturated heterocycles. The monoisotopic (exact) mass is 756 g/mol. The van der Waals surface area contributed by atoms with Gasteiger partial charge in [-0.05, 0) is 82.4 Å². The van der Waals surface area contributed by atoms with Crippen LogP contribution in [0.1, 0.15) is 48.0 Å². The van der Waals surface area contributed by atoms with Crippen LogP contribution in [-0.4, -0.2) is 93.7 Å². The van der Waals surface area contributed by atoms with Gasteiger partial charge in [0.2, 0.25) is 5.91 Å². The topological polar surface area (TPSA) is 130 Å². The predicted octanol–water partition coefficient (Wildman–Crippen LogP) is 5.49. The molecule has 3 aromatic carbocycles. The van der Waals surface area contributed by atoms with Crippen LogP contribution in [-0.2, 0) is 17.8 Å². The van der Waals surface area contributed by atoms with E-state index in [2.05, 4.69) is 20.2 Å². The number of ether oxygens (including phenoxy) is 1. The fraction of sp³-hybridized carbons (Fsp3) is 0.390. The maximum atomic E-state index is 14.0. The van der Waals surface area contributed by atoms with E-state index >= 15 is 0 Å². The molecular formula is C41H46ClFN6O5. The maximum absolute atomic E-state index is 14.0. The van der Waals surface area contributed by atoms with Gasteiger partial charge in [-0.1, -0.05) is 48.0 Å². The van der Waals surface area contributed by atoms with Crippen molar-refractivity contribution < 1.29 is 23.8 Å². The van der Waals surface area contributed by atoms with E-state index in [4.69, 9.17) is 16.3 Å². The van der Waals surface area contributed by atoms with Gasteiger partial charge in [0.05, 0.1) is 52.7 Å². The van der Waals surface area contributed by atoms with E-state index in [-0.39, 0.29) is 34.9 Å². The van der Waals surface area contributed by atoms with Gasteiger partial charge < -0.3 is 25.0 Å². The van der Waals surface area contributed by atoms with Crippen LogP contribution in [0.15, 0.2) is 84.0 Å². The number of carbonyl (C=O) groups is 2. The van der Waals surface area contributed by atoms with E-state index in [9.17, 15) is 23.9 Å². The molecule has 1 atom stereocenters. The molecule has 1 aliphatic heterocycles. The van der Waals surface area contributed by atoms with Crippen molar-refractivity contribution in [2.45, 2.75) is 50.7 Å². The molecule has 11 nitrogen and oxygen atoms in total. The smallest absolute Gasteiger partial charge is 0.261 e. The number of amides is 2. The highest BCUT2D eigenvalue weighted by molar-refractivity contribution is 6.35. The van der Waals surface area contributed by atoms with Crippen LogP contribution >= 0.6 is 11.6 Å². The summed E-state index contributed by atoms with van der Waals surface area (Å²) in [7, 11) is 4.03. The van der Waals surface area contributed by atoms with Crippen molar-refractivity contribution in [3.8, 4) is 5.75 Å². The van der Waals surface area contributed by atoms with E-state index in [0.29, 0.717) is 91.5 Å². The Bertz CT molecular complexity index is 2160. The number of nitrogens with one attached hydrogen (secondary N) is 1. The first-order chi connectivity index (χ1) is 26.0. The number of pyridine rings is 1. The van der Waals surface area contributed by atoms with Gasteiger partial charge >= 0.3 is 0 Å². The first-order valence-electron chi connectivity index (χ1n) is 18.3. The predicted molar refractivity (Wildman–Crippen MR) is 207 cm³/mol. The van der Waals surface area contributed by atoms with Crippen molar-refractivity contribution in [3.63, 3.8) is 0 Å². The number of halogens is 2. The molecule has 0 spiro atoms. The van der Waals surface area contributed by atoms with E-state index in [1.54, 1.807) is 41.3 Å². The lowest BCUT2D eigenvalue weighted by Gasteiger charge is -2.39. The maximum Gasteiger partial charge on any atom is 0.261 e. The molecule has 0 unspecified atom stereocenters. The third kappa shape index (κ3) is 9.60. The van der Waals surface area contributed by atoms with E-state index in [1.165, 1.54) is 10.9 Å². The lowest BCUT2D eigenvalue weighted by molar-refractivity contribution is -0.140. The first kappa shape index (κ1) is 38.8. The Labute approximate surface area is 318 Å². The van der Waals surface area contributed by atoms with Crippen molar-refractivity contribution >= 4 is 45.2 Å². The molecule has 6 rings (SSSR count). The Morgan fingerprint density at radius 3 is 2.52 bits per heavy atom. The summed E-state index contributed by atoms with van der Waals surface area (Å²) in [5.74, 6) is -0.594. The Hall–Kier alpha value is -4.91. The van der Waals surface area contributed by atoms with Crippen molar-refractivity contribution in [1.29, 1.82) is 0 Å². The van der Waals surface area contributed by atoms with Crippen molar-refractivity contribution in [2.75, 3.05) is 46.9 Å². The highest BCUT2D eigenvalue weighted by Gasteiger charge is 2.36. The van der Waals surface area contributed by atoms with Crippen molar-refractivity contribution in [2.24, 2.45) is 5.92 Å². The number of nitrogens with zero attached hydrogens (tertiary/aromatic N) is 5. The van der Waals surface area contributed by atoms with Crippen LogP contribution in [0.4, 0.5) is 4.39 Å². The Balaban J connectivity index is 1.04. The Morgan fingerprint density at radius 1 is 1.02 bits per heavy atom. The summed E-state index contributed by atoms with van der Waals surface area (Å²) in [5, 5.41) is 15.3. The lowest BCUT2D eigenvalue weighted by atomic mass is 9.88. The SMILES string of the molecule is CN(C)CCCOc1ccc2c(=O)n(CC3(O)CCN(C(=O)[C@H](CCCNC(=O)c4ccc5c(Cl)c(F)cnc5c4)Cc4ccccc4)CC3)cnc2c1. The molecule has 3 heterocycles. The van der Waals surface area contributed by atoms with Gasteiger partial charge in [0.15, 0.2) is 5.82 Å². The van der Waals surface area contributed by atoms with Crippen molar-refractivity contribution in [1.82, 2.24) is 29.7 Å². The summed E-state index contributed by atoms with van der Waals surface area (Å²) in [4.78, 5) is 52.8. The van der Waals surface area contributed by atoms with Gasteiger partial charge in [0.25, 0.3) is 11.5 Å². The number of hydrogen-bond acceptors (Lipinski definition) is 8. The van der Waals surface area contributed by atoms with E-state index in [1.807, 2.05) is 44.4 Å². The van der Waals surface area contributed by atoms with Crippen LogP contribution in [0.25, 0.3) is 21.8 Å². The fourth-order valence-corrected chi connectivity index (χ4v) is 7.14. The van der Waals surface area contributed by atoms with Crippen LogP contribution in [0, 0.1) is 11.7 Å². The van der Waals surface area contributed by atoms with E-state index < -0.39 is 11.4 Å². The van der Waals surface area contributed by atoms with Gasteiger partial charge in [-0.2, -0.15) is 0 Å². The van der Waals surface area contributed by atoms with Crippen LogP contribution in [0.5, 0.6) is 5.75 Å². The molecule has 0 bridgehead atoms. The number of piperidine rings is 1. The minimum absolute atomic E-state index is 0.00113. The zero-order valence-corrected chi connectivity index (χ0v) is 31.4. The number of rotatable bonds is 15. The second-order valence-electron chi connectivity index (χ2n) is 14.3. The standard InChI is InChI=1S/C41H46ClFN6O5/c1-47(2)18-7-21-54-31-12-14-33-36(24-31)46-27-49(40(33)52)26-41(53)15-19-48(20-16-41)39(51)30(22-28-8-4-3-5-9-28)10-6-17-44-38(50)29-11-13-32-35(23-29)45-25-34(43)37(32)42/h3-5,8-9,11-14,23-25,27,30,53H,6-7,10,15-22,26H2,1-2H3,(H,44,50)/t30-/m1/s1. The molecule has 2 N–H and O–H groups in total. The molecule has 0 radical (unpaired) electrons. The lowest BCUT2D eigenvalue weighted by Crippen LogP contribution is -2.51. The van der Waals surface area contributed by atoms with Gasteiger partial charge in [-0.3, -0.25) is 23.9 Å². The summed E-state index contributed by atoms with van der Waals surface area (Å²) < 4.78 is 21.1. The normalized spacial score (nSPS) is 14.7. The summed E-state index contributed by atoms with van der Waals surface area (Å²) in [6.07, 6.45) is 5.67. The Kier molecular flexibility index (Phi) is 12.6. The second kappa shape index (κ2) is 17.5. The molecule has 13 heteroatoms. The molecule has 284 valence electrons. The average Bonchev–Trinajstić information content (AvgIpc) is 3.17. The molecule has 5 aromatic rings. The summed E-state index contributed by atoms with van der Waals surface area (Å²) in [6, 6.07) is 19.8. The zero-order valence-electron chi connectivity index (χ0n) is 30.6. The third-order valence-electron chi connectivity index (χ3n) is 10.00. The van der Waals surface area contributed by atoms with Gasteiger partial charge in [0, 0.05) is 49.1 Å². The summed E-state index contributed by atoms with van der Waals surface area (Å²) in [6.45, 7) is 2.61. The minimum atomic E-state index is -1.18. The number of benzene rings is 3. The number of carbonyl (C=O) groups excluding carboxylic acids is 2. The fourth-order valence-electron chi connectivity index (χ4n) is 6.93. The van der Waals surface area contributed by atoms with Gasteiger partial charge in [-0.25, -0.2) is 9.37 Å². The molecule has 2 amide bonds. The van der Waals surface area contributed by atoms with Crippen LogP contribution < -0.4 is 15.6 Å². The van der Waals surface area contributed by atoms with Crippen LogP contribution in [0.2, 0.25) is 5.02 Å². The summed E-state index contributed by atoms with van der Waals surface area (Å²) >= 11 is 6.05. The van der Waals surface area contributed by atoms with Gasteiger partial charge in [0.1, 0.15) is 5.75 Å². The molecule has 1 aliphatic rings. The largest absolute Gasteiger partial charge is 0.493 e. The molecule has 2 aromatic heterocycles.